The molecule has 0 saturated carbocycles. The molecule has 1 aliphatic rings. The summed E-state index contributed by atoms with van der Waals surface area (Å²) in [5, 5.41) is 3.34. The van der Waals surface area contributed by atoms with E-state index in [4.69, 9.17) is 0 Å². The molecule has 4 nitrogen and oxygen atoms in total. The first-order valence-electron chi connectivity index (χ1n) is 7.79. The predicted molar refractivity (Wildman–Crippen MR) is 88.2 cm³/mol. The van der Waals surface area contributed by atoms with Gasteiger partial charge in [-0.25, -0.2) is 8.42 Å². The number of nitrogens with one attached hydrogen (secondary N) is 1. The summed E-state index contributed by atoms with van der Waals surface area (Å²) in [5.41, 5.74) is 1.08. The molecule has 1 aliphatic heterocycles. The van der Waals surface area contributed by atoms with Crippen molar-refractivity contribution in [2.45, 2.75) is 50.8 Å². The maximum Gasteiger partial charge on any atom is 0.252 e. The van der Waals surface area contributed by atoms with Crippen LogP contribution in [0, 0.1) is 12.8 Å². The standard InChI is InChI=1S/C15H26N2O2S2/c1-4-7-16-10-14-12(3)9-15(20-14)21(18,19)17-8-6-13(5-2)11-17/h9,13,16H,4-8,10-11H2,1-3H3. The van der Waals surface area contributed by atoms with Crippen LogP contribution in [0.15, 0.2) is 10.3 Å². The summed E-state index contributed by atoms with van der Waals surface area (Å²) in [7, 11) is -3.29. The van der Waals surface area contributed by atoms with Crippen LogP contribution in [0.2, 0.25) is 0 Å². The van der Waals surface area contributed by atoms with Gasteiger partial charge in [-0.2, -0.15) is 4.31 Å². The molecule has 0 aromatic carbocycles. The minimum absolute atomic E-state index is 0.505. The van der Waals surface area contributed by atoms with E-state index >= 15 is 0 Å². The third kappa shape index (κ3) is 3.86. The molecule has 6 heteroatoms. The molecule has 2 rings (SSSR count). The molecule has 2 heterocycles. The quantitative estimate of drug-likeness (QED) is 0.782. The number of hydrogen-bond donors (Lipinski definition) is 1. The Morgan fingerprint density at radius 2 is 2.19 bits per heavy atom. The third-order valence-corrected chi connectivity index (χ3v) is 7.68. The minimum atomic E-state index is -3.29. The van der Waals surface area contributed by atoms with E-state index in [2.05, 4.69) is 19.2 Å². The lowest BCUT2D eigenvalue weighted by Crippen LogP contribution is -2.28. The van der Waals surface area contributed by atoms with Crippen molar-refractivity contribution in [3.05, 3.63) is 16.5 Å². The van der Waals surface area contributed by atoms with Crippen LogP contribution in [-0.4, -0.2) is 32.4 Å². The molecule has 1 saturated heterocycles. The van der Waals surface area contributed by atoms with Crippen molar-refractivity contribution >= 4 is 21.4 Å². The van der Waals surface area contributed by atoms with Gasteiger partial charge in [0, 0.05) is 24.5 Å². The van der Waals surface area contributed by atoms with E-state index in [0.717, 1.165) is 42.8 Å². The first-order chi connectivity index (χ1) is 9.98. The molecule has 1 atom stereocenters. The second kappa shape index (κ2) is 7.22. The largest absolute Gasteiger partial charge is 0.312 e. The van der Waals surface area contributed by atoms with E-state index in [0.29, 0.717) is 23.2 Å². The Kier molecular flexibility index (Phi) is 5.82. The lowest BCUT2D eigenvalue weighted by molar-refractivity contribution is 0.454. The number of hydrogen-bond acceptors (Lipinski definition) is 4. The van der Waals surface area contributed by atoms with Gasteiger partial charge in [-0.05, 0) is 43.9 Å². The Morgan fingerprint density at radius 3 is 2.81 bits per heavy atom. The maximum atomic E-state index is 12.7. The van der Waals surface area contributed by atoms with Crippen LogP contribution in [0.1, 0.15) is 43.6 Å². The molecule has 0 bridgehead atoms. The van der Waals surface area contributed by atoms with Gasteiger partial charge in [0.2, 0.25) is 0 Å². The van der Waals surface area contributed by atoms with Crippen molar-refractivity contribution in [2.24, 2.45) is 5.92 Å². The first kappa shape index (κ1) is 16.9. The van der Waals surface area contributed by atoms with Crippen LogP contribution in [0.4, 0.5) is 0 Å². The zero-order valence-corrected chi connectivity index (χ0v) is 14.8. The van der Waals surface area contributed by atoms with E-state index in [9.17, 15) is 8.42 Å². The molecule has 1 N–H and O–H groups in total. The summed E-state index contributed by atoms with van der Waals surface area (Å²) in [6.07, 6.45) is 3.13. The van der Waals surface area contributed by atoms with Crippen LogP contribution >= 0.6 is 11.3 Å². The third-order valence-electron chi connectivity index (χ3n) is 4.13. The molecule has 1 aromatic heterocycles. The van der Waals surface area contributed by atoms with Crippen LogP contribution in [0.3, 0.4) is 0 Å². The smallest absolute Gasteiger partial charge is 0.252 e. The van der Waals surface area contributed by atoms with Crippen LogP contribution < -0.4 is 5.32 Å². The Bertz CT molecular complexity index is 566. The summed E-state index contributed by atoms with van der Waals surface area (Å²) >= 11 is 1.42. The van der Waals surface area contributed by atoms with Crippen molar-refractivity contribution in [2.75, 3.05) is 19.6 Å². The Hall–Kier alpha value is -0.430. The molecule has 120 valence electrons. The van der Waals surface area contributed by atoms with Gasteiger partial charge in [-0.3, -0.25) is 0 Å². The van der Waals surface area contributed by atoms with Gasteiger partial charge in [-0.1, -0.05) is 20.3 Å². The van der Waals surface area contributed by atoms with E-state index in [1.54, 1.807) is 4.31 Å². The zero-order valence-electron chi connectivity index (χ0n) is 13.2. The Balaban J connectivity index is 2.12. The monoisotopic (exact) mass is 330 g/mol. The van der Waals surface area contributed by atoms with Gasteiger partial charge in [0.15, 0.2) is 0 Å². The second-order valence-corrected chi connectivity index (χ2v) is 9.08. The number of rotatable bonds is 7. The minimum Gasteiger partial charge on any atom is -0.312 e. The molecular weight excluding hydrogens is 304 g/mol. The van der Waals surface area contributed by atoms with E-state index in [-0.39, 0.29) is 0 Å². The number of sulfonamides is 1. The fraction of sp³-hybridized carbons (Fsp3) is 0.733. The molecule has 0 amide bonds. The molecule has 0 spiro atoms. The second-order valence-electron chi connectivity index (χ2n) is 5.77. The molecule has 1 aromatic rings. The maximum absolute atomic E-state index is 12.7. The lowest BCUT2D eigenvalue weighted by Gasteiger charge is -2.14. The van der Waals surface area contributed by atoms with Crippen LogP contribution in [0.5, 0.6) is 0 Å². The lowest BCUT2D eigenvalue weighted by atomic mass is 10.1. The molecule has 0 radical (unpaired) electrons. The highest BCUT2D eigenvalue weighted by Crippen LogP contribution is 2.31. The highest BCUT2D eigenvalue weighted by atomic mass is 32.2. The normalized spacial score (nSPS) is 20.2. The predicted octanol–water partition coefficient (Wildman–Crippen LogP) is 2.98. The fourth-order valence-electron chi connectivity index (χ4n) is 2.65. The molecular formula is C15H26N2O2S2. The van der Waals surface area contributed by atoms with Crippen LogP contribution in [0.25, 0.3) is 0 Å². The topological polar surface area (TPSA) is 49.4 Å². The van der Waals surface area contributed by atoms with Gasteiger partial charge in [0.1, 0.15) is 4.21 Å². The van der Waals surface area contributed by atoms with Crippen molar-refractivity contribution in [1.82, 2.24) is 9.62 Å². The van der Waals surface area contributed by atoms with Gasteiger partial charge in [0.05, 0.1) is 0 Å². The Labute approximate surface area is 132 Å². The molecule has 1 unspecified atom stereocenters. The molecule has 21 heavy (non-hydrogen) atoms. The van der Waals surface area contributed by atoms with Crippen molar-refractivity contribution < 1.29 is 8.42 Å². The average molecular weight is 331 g/mol. The molecule has 1 fully saturated rings. The summed E-state index contributed by atoms with van der Waals surface area (Å²) in [6.45, 7) is 9.33. The summed E-state index contributed by atoms with van der Waals surface area (Å²) in [4.78, 5) is 1.13. The summed E-state index contributed by atoms with van der Waals surface area (Å²) in [5.74, 6) is 0.520. The van der Waals surface area contributed by atoms with Crippen LogP contribution in [-0.2, 0) is 16.6 Å². The average Bonchev–Trinajstić information content (AvgIpc) is 3.07. The van der Waals surface area contributed by atoms with Crippen molar-refractivity contribution in [3.63, 3.8) is 0 Å². The molecule has 0 aliphatic carbocycles. The highest BCUT2D eigenvalue weighted by Gasteiger charge is 2.33. The number of nitrogens with zero attached hydrogens (tertiary/aromatic N) is 1. The van der Waals surface area contributed by atoms with E-state index < -0.39 is 10.0 Å². The zero-order chi connectivity index (χ0) is 15.5. The number of aryl methyl sites for hydroxylation is 1. The number of thiophene rings is 1. The van der Waals surface area contributed by atoms with E-state index in [1.807, 2.05) is 13.0 Å². The Morgan fingerprint density at radius 1 is 1.43 bits per heavy atom. The fourth-order valence-corrected chi connectivity index (χ4v) is 5.89. The summed E-state index contributed by atoms with van der Waals surface area (Å²) < 4.78 is 27.6. The highest BCUT2D eigenvalue weighted by molar-refractivity contribution is 7.91. The van der Waals surface area contributed by atoms with E-state index in [1.165, 1.54) is 11.3 Å². The van der Waals surface area contributed by atoms with Gasteiger partial charge >= 0.3 is 0 Å². The van der Waals surface area contributed by atoms with Gasteiger partial charge < -0.3 is 5.32 Å². The van der Waals surface area contributed by atoms with Crippen molar-refractivity contribution in [3.8, 4) is 0 Å². The van der Waals surface area contributed by atoms with Gasteiger partial charge in [-0.15, -0.1) is 11.3 Å². The van der Waals surface area contributed by atoms with Crippen molar-refractivity contribution in [1.29, 1.82) is 0 Å². The summed E-state index contributed by atoms with van der Waals surface area (Å²) in [6, 6.07) is 1.84. The SMILES string of the molecule is CCCNCc1sc(S(=O)(=O)N2CCC(CC)C2)cc1C. The van der Waals surface area contributed by atoms with Gasteiger partial charge in [0.25, 0.3) is 10.0 Å². The first-order valence-corrected chi connectivity index (χ1v) is 10.0.